The van der Waals surface area contributed by atoms with E-state index in [2.05, 4.69) is 41.3 Å². The molecule has 2 aromatic carbocycles. The van der Waals surface area contributed by atoms with Crippen molar-refractivity contribution in [1.82, 2.24) is 4.72 Å². The predicted molar refractivity (Wildman–Crippen MR) is 200 cm³/mol. The molecule has 1 saturated heterocycles. The van der Waals surface area contributed by atoms with Gasteiger partial charge in [-0.1, -0.05) is 56.2 Å². The van der Waals surface area contributed by atoms with Crippen molar-refractivity contribution >= 4 is 33.2 Å². The number of sulfonamides is 1. The number of aryl methyl sites for hydroxylation is 1. The van der Waals surface area contributed by atoms with E-state index in [0.717, 1.165) is 62.1 Å². The number of rotatable bonds is 14. The van der Waals surface area contributed by atoms with Crippen molar-refractivity contribution < 1.29 is 27.8 Å². The summed E-state index contributed by atoms with van der Waals surface area (Å²) in [5.74, 6) is 0.181. The first kappa shape index (κ1) is 36.9. The zero-order valence-electron chi connectivity index (χ0n) is 29.5. The Bertz CT molecular complexity index is 1680. The molecular weight excluding hydrogens is 672 g/mol. The number of unbranched alkanes of at least 4 members (excludes halogenated alkanes) is 1. The molecule has 2 heterocycles. The van der Waals surface area contributed by atoms with E-state index in [1.807, 2.05) is 19.1 Å². The number of fused-ring (bicyclic) bond motifs is 3. The van der Waals surface area contributed by atoms with Gasteiger partial charge < -0.3 is 19.5 Å². The molecule has 4 aliphatic rings. The number of hydrogen-bond acceptors (Lipinski definition) is 7. The number of ether oxygens (including phenoxy) is 2. The van der Waals surface area contributed by atoms with E-state index >= 15 is 0 Å². The molecule has 0 unspecified atom stereocenters. The minimum atomic E-state index is -4.02. The number of aliphatic hydroxyl groups is 1. The lowest BCUT2D eigenvalue weighted by Crippen LogP contribution is -2.49. The Morgan fingerprint density at radius 3 is 2.74 bits per heavy atom. The molecule has 2 aromatic rings. The van der Waals surface area contributed by atoms with Gasteiger partial charge in [0.2, 0.25) is 10.0 Å². The minimum Gasteiger partial charge on any atom is -0.490 e. The van der Waals surface area contributed by atoms with E-state index in [-0.39, 0.29) is 34.8 Å². The van der Waals surface area contributed by atoms with Crippen molar-refractivity contribution in [2.24, 2.45) is 17.8 Å². The third-order valence-electron chi connectivity index (χ3n) is 11.6. The Kier molecular flexibility index (Phi) is 11.7. The van der Waals surface area contributed by atoms with Crippen LogP contribution in [0.1, 0.15) is 93.1 Å². The van der Waals surface area contributed by atoms with Crippen LogP contribution >= 0.6 is 11.6 Å². The molecule has 50 heavy (non-hydrogen) atoms. The first-order valence-corrected chi connectivity index (χ1v) is 20.4. The second-order valence-corrected chi connectivity index (χ2v) is 17.4. The molecule has 2 N–H and O–H groups in total. The van der Waals surface area contributed by atoms with Gasteiger partial charge in [0.05, 0.1) is 29.8 Å². The first-order chi connectivity index (χ1) is 24.0. The van der Waals surface area contributed by atoms with Crippen LogP contribution in [-0.2, 0) is 26.6 Å². The Labute approximate surface area is 303 Å². The lowest BCUT2D eigenvalue weighted by atomic mass is 9.68. The van der Waals surface area contributed by atoms with Crippen molar-refractivity contribution in [3.63, 3.8) is 0 Å². The van der Waals surface area contributed by atoms with E-state index in [0.29, 0.717) is 44.9 Å². The van der Waals surface area contributed by atoms with Gasteiger partial charge in [-0.05, 0) is 117 Å². The molecule has 272 valence electrons. The number of anilines is 1. The molecule has 1 saturated carbocycles. The van der Waals surface area contributed by atoms with Gasteiger partial charge >= 0.3 is 0 Å². The van der Waals surface area contributed by atoms with Crippen molar-refractivity contribution in [3.05, 3.63) is 82.9 Å². The maximum Gasteiger partial charge on any atom is 0.264 e. The molecule has 2 aliphatic heterocycles. The van der Waals surface area contributed by atoms with Crippen LogP contribution in [0.4, 0.5) is 5.69 Å². The zero-order chi connectivity index (χ0) is 35.5. The fraction of sp³-hybridized carbons (Fsp3) is 0.575. The number of halogens is 1. The highest BCUT2D eigenvalue weighted by Crippen LogP contribution is 2.46. The molecule has 0 aromatic heterocycles. The molecule has 1 amide bonds. The number of nitrogens with zero attached hydrogens (tertiary/aromatic N) is 1. The summed E-state index contributed by atoms with van der Waals surface area (Å²) in [6.07, 6.45) is 13.7. The number of carbonyl (C=O) groups is 1. The fourth-order valence-electron chi connectivity index (χ4n) is 8.43. The van der Waals surface area contributed by atoms with Crippen LogP contribution in [0.25, 0.3) is 0 Å². The number of benzene rings is 2. The van der Waals surface area contributed by atoms with E-state index in [4.69, 9.17) is 21.1 Å². The molecular formula is C40H53ClN2O6S. The van der Waals surface area contributed by atoms with Gasteiger partial charge in [-0.2, -0.15) is 0 Å². The SMILES string of the molecule is C=CC[C@H](C)[C@@H](C[C@H]1CCO1)S(=O)(=O)NC(=O)c1ccc2c(c1)N(C[C@@H]1CC[C@H]1[C@@H](O)/C=C/CCC)C[C@@]1(CCCc3cc(Cl)ccc31)CO2. The van der Waals surface area contributed by atoms with Gasteiger partial charge in [-0.25, -0.2) is 13.1 Å². The van der Waals surface area contributed by atoms with Gasteiger partial charge in [0.1, 0.15) is 5.75 Å². The highest BCUT2D eigenvalue weighted by atomic mass is 35.5. The summed E-state index contributed by atoms with van der Waals surface area (Å²) in [4.78, 5) is 16.1. The number of aliphatic hydroxyl groups excluding tert-OH is 1. The smallest absolute Gasteiger partial charge is 0.264 e. The number of nitrogens with one attached hydrogen (secondary N) is 1. The Balaban J connectivity index is 1.30. The summed E-state index contributed by atoms with van der Waals surface area (Å²) >= 11 is 6.44. The largest absolute Gasteiger partial charge is 0.490 e. The summed E-state index contributed by atoms with van der Waals surface area (Å²) in [6.45, 7) is 10.3. The topological polar surface area (TPSA) is 105 Å². The van der Waals surface area contributed by atoms with E-state index in [9.17, 15) is 18.3 Å². The van der Waals surface area contributed by atoms with Gasteiger partial charge in [0.15, 0.2) is 0 Å². The summed E-state index contributed by atoms with van der Waals surface area (Å²) in [6, 6.07) is 11.4. The van der Waals surface area contributed by atoms with Crippen molar-refractivity contribution in [1.29, 1.82) is 0 Å². The molecule has 8 nitrogen and oxygen atoms in total. The summed E-state index contributed by atoms with van der Waals surface area (Å²) in [5, 5.41) is 11.0. The third kappa shape index (κ3) is 7.96. The van der Waals surface area contributed by atoms with Gasteiger partial charge in [-0.15, -0.1) is 6.58 Å². The molecule has 10 heteroatoms. The third-order valence-corrected chi connectivity index (χ3v) is 13.7. The fourth-order valence-corrected chi connectivity index (χ4v) is 10.3. The standard InChI is InChI=1S/C40H53ClN2O6S/c1-4-6-7-11-36(44)33-15-12-30(33)24-43-25-40(19-8-10-28-21-31(41)14-16-34(28)40)26-49-37-17-13-29(22-35(37)43)39(45)42-50(46,47)38(27(3)9-5-2)23-32-18-20-48-32/h5,7,11,13-14,16-17,21-22,27,30,32-33,36,38,44H,2,4,6,8-10,12,15,18-20,23-26H2,1,3H3,(H,42,45)/b11-7+/t27-,30-,32+,33+,36-,38+,40-/m0/s1. The molecule has 1 spiro atoms. The van der Waals surface area contributed by atoms with Gasteiger partial charge in [0, 0.05) is 35.7 Å². The van der Waals surface area contributed by atoms with Crippen LogP contribution in [0, 0.1) is 17.8 Å². The second-order valence-electron chi connectivity index (χ2n) is 15.0. The monoisotopic (exact) mass is 724 g/mol. The van der Waals surface area contributed by atoms with Crippen molar-refractivity contribution in [3.8, 4) is 5.75 Å². The summed E-state index contributed by atoms with van der Waals surface area (Å²) < 4.78 is 42.1. The predicted octanol–water partition coefficient (Wildman–Crippen LogP) is 7.38. The molecule has 7 atom stereocenters. The van der Waals surface area contributed by atoms with Crippen LogP contribution in [0.2, 0.25) is 5.02 Å². The van der Waals surface area contributed by atoms with E-state index in [1.54, 1.807) is 24.3 Å². The number of carbonyl (C=O) groups excluding carboxylic acids is 1. The molecule has 2 aliphatic carbocycles. The van der Waals surface area contributed by atoms with Crippen LogP contribution in [0.15, 0.2) is 61.2 Å². The maximum atomic E-state index is 13.8. The molecule has 0 bridgehead atoms. The highest BCUT2D eigenvalue weighted by molar-refractivity contribution is 7.90. The number of allylic oxidation sites excluding steroid dienone is 2. The van der Waals surface area contributed by atoms with Crippen molar-refractivity contribution in [2.45, 2.75) is 101 Å². The molecule has 6 rings (SSSR count). The maximum absolute atomic E-state index is 13.8. The average molecular weight is 725 g/mol. The van der Waals surface area contributed by atoms with E-state index < -0.39 is 27.3 Å². The Morgan fingerprint density at radius 1 is 1.22 bits per heavy atom. The lowest BCUT2D eigenvalue weighted by molar-refractivity contribution is -0.0563. The van der Waals surface area contributed by atoms with Crippen LogP contribution in [0.3, 0.4) is 0 Å². The second kappa shape index (κ2) is 15.8. The zero-order valence-corrected chi connectivity index (χ0v) is 31.1. The van der Waals surface area contributed by atoms with Crippen molar-refractivity contribution in [2.75, 3.05) is 31.2 Å². The van der Waals surface area contributed by atoms with Crippen LogP contribution in [0.5, 0.6) is 5.75 Å². The Morgan fingerprint density at radius 2 is 2.04 bits per heavy atom. The number of hydrogen-bond donors (Lipinski definition) is 2. The minimum absolute atomic E-state index is 0.124. The molecule has 0 radical (unpaired) electrons. The first-order valence-electron chi connectivity index (χ1n) is 18.5. The normalized spacial score (nSPS) is 26.4. The van der Waals surface area contributed by atoms with Crippen LogP contribution in [-0.4, -0.2) is 63.2 Å². The number of amides is 1. The van der Waals surface area contributed by atoms with Gasteiger partial charge in [-0.3, -0.25) is 4.79 Å². The summed E-state index contributed by atoms with van der Waals surface area (Å²) in [5.41, 5.74) is 3.23. The van der Waals surface area contributed by atoms with Gasteiger partial charge in [0.25, 0.3) is 5.91 Å². The quantitative estimate of drug-likeness (QED) is 0.196. The van der Waals surface area contributed by atoms with Crippen LogP contribution < -0.4 is 14.4 Å². The van der Waals surface area contributed by atoms with E-state index in [1.165, 1.54) is 11.1 Å². The molecule has 2 fully saturated rings. The average Bonchev–Trinajstić information content (AvgIpc) is 3.19. The summed E-state index contributed by atoms with van der Waals surface area (Å²) in [7, 11) is -4.02. The Hall–Kier alpha value is -2.85. The lowest BCUT2D eigenvalue weighted by Gasteiger charge is -2.45. The highest BCUT2D eigenvalue weighted by Gasteiger charge is 2.44.